The summed E-state index contributed by atoms with van der Waals surface area (Å²) in [6.45, 7) is 0.124. The van der Waals surface area contributed by atoms with Crippen LogP contribution in [0, 0.1) is 17.6 Å². The topological polar surface area (TPSA) is 66.9 Å². The van der Waals surface area contributed by atoms with E-state index in [9.17, 15) is 22.0 Å². The summed E-state index contributed by atoms with van der Waals surface area (Å²) in [5, 5.41) is 1.10. The zero-order valence-corrected chi connectivity index (χ0v) is 13.6. The van der Waals surface area contributed by atoms with E-state index in [-0.39, 0.29) is 24.9 Å². The van der Waals surface area contributed by atoms with Crippen molar-refractivity contribution >= 4 is 15.9 Å². The van der Waals surface area contributed by atoms with Gasteiger partial charge in [-0.1, -0.05) is 0 Å². The van der Waals surface area contributed by atoms with Crippen LogP contribution in [-0.2, 0) is 19.7 Å². The molecule has 1 amide bonds. The molecule has 0 saturated carbocycles. The van der Waals surface area contributed by atoms with E-state index in [0.29, 0.717) is 18.9 Å². The van der Waals surface area contributed by atoms with Gasteiger partial charge in [-0.2, -0.15) is 4.31 Å². The fraction of sp³-hybridized carbons (Fsp3) is 0.500. The lowest BCUT2D eigenvalue weighted by atomic mass is 9.97. The SMILES string of the molecule is CON(C)C(=O)C1CCN(S(=O)(=O)c2cc(F)ccc2F)CC1. The van der Waals surface area contributed by atoms with E-state index >= 15 is 0 Å². The van der Waals surface area contributed by atoms with Crippen molar-refractivity contribution in [1.82, 2.24) is 9.37 Å². The van der Waals surface area contributed by atoms with Crippen molar-refractivity contribution in [3.8, 4) is 0 Å². The van der Waals surface area contributed by atoms with Gasteiger partial charge in [0.2, 0.25) is 15.9 Å². The number of rotatable bonds is 4. The second kappa shape index (κ2) is 6.90. The van der Waals surface area contributed by atoms with Crippen LogP contribution in [0.1, 0.15) is 12.8 Å². The third kappa shape index (κ3) is 3.67. The summed E-state index contributed by atoms with van der Waals surface area (Å²) >= 11 is 0. The van der Waals surface area contributed by atoms with Gasteiger partial charge in [-0.25, -0.2) is 22.3 Å². The van der Waals surface area contributed by atoms with E-state index in [1.807, 2.05) is 0 Å². The lowest BCUT2D eigenvalue weighted by Gasteiger charge is -2.31. The van der Waals surface area contributed by atoms with Gasteiger partial charge in [-0.15, -0.1) is 0 Å². The van der Waals surface area contributed by atoms with Gasteiger partial charge in [0, 0.05) is 26.1 Å². The van der Waals surface area contributed by atoms with Crippen molar-refractivity contribution in [1.29, 1.82) is 0 Å². The highest BCUT2D eigenvalue weighted by Crippen LogP contribution is 2.26. The maximum absolute atomic E-state index is 13.7. The highest BCUT2D eigenvalue weighted by molar-refractivity contribution is 7.89. The molecule has 0 N–H and O–H groups in total. The van der Waals surface area contributed by atoms with Gasteiger partial charge in [0.25, 0.3) is 0 Å². The molecule has 1 saturated heterocycles. The van der Waals surface area contributed by atoms with Gasteiger partial charge in [0.1, 0.15) is 16.5 Å². The van der Waals surface area contributed by atoms with Crippen molar-refractivity contribution in [2.24, 2.45) is 5.92 Å². The number of hydrogen-bond donors (Lipinski definition) is 0. The zero-order valence-electron chi connectivity index (χ0n) is 12.8. The molecule has 0 unspecified atom stereocenters. The van der Waals surface area contributed by atoms with Gasteiger partial charge in [-0.05, 0) is 31.0 Å². The van der Waals surface area contributed by atoms with Crippen LogP contribution in [0.2, 0.25) is 0 Å². The van der Waals surface area contributed by atoms with Gasteiger partial charge >= 0.3 is 0 Å². The number of sulfonamides is 1. The third-order valence-electron chi connectivity index (χ3n) is 3.90. The van der Waals surface area contributed by atoms with Crippen LogP contribution >= 0.6 is 0 Å². The molecule has 1 heterocycles. The highest BCUT2D eigenvalue weighted by atomic mass is 32.2. The Hall–Kier alpha value is -1.58. The minimum absolute atomic E-state index is 0.0618. The molecule has 9 heteroatoms. The monoisotopic (exact) mass is 348 g/mol. The summed E-state index contributed by atoms with van der Waals surface area (Å²) in [6, 6.07) is 2.31. The predicted octanol–water partition coefficient (Wildman–Crippen LogP) is 1.39. The maximum atomic E-state index is 13.7. The standard InChI is InChI=1S/C14H18F2N2O4S/c1-17(22-2)14(19)10-5-7-18(8-6-10)23(20,21)13-9-11(15)3-4-12(13)16/h3-4,9-10H,5-8H2,1-2H3. The van der Waals surface area contributed by atoms with E-state index in [1.54, 1.807) is 0 Å². The van der Waals surface area contributed by atoms with Crippen LogP contribution in [0.25, 0.3) is 0 Å². The molecule has 1 aromatic rings. The minimum atomic E-state index is -4.13. The summed E-state index contributed by atoms with van der Waals surface area (Å²) in [6.07, 6.45) is 0.589. The van der Waals surface area contributed by atoms with E-state index in [0.717, 1.165) is 21.5 Å². The lowest BCUT2D eigenvalue weighted by molar-refractivity contribution is -0.174. The van der Waals surface area contributed by atoms with Crippen LogP contribution in [-0.4, -0.2) is 50.9 Å². The first-order valence-electron chi connectivity index (χ1n) is 7.04. The molecule has 0 aliphatic carbocycles. The summed E-state index contributed by atoms with van der Waals surface area (Å²) in [4.78, 5) is 16.1. The summed E-state index contributed by atoms with van der Waals surface area (Å²) in [5.41, 5.74) is 0. The van der Waals surface area contributed by atoms with Crippen molar-refractivity contribution in [3.05, 3.63) is 29.8 Å². The molecule has 1 fully saturated rings. The number of amides is 1. The molecular weight excluding hydrogens is 330 g/mol. The second-order valence-corrected chi connectivity index (χ2v) is 7.18. The first-order chi connectivity index (χ1) is 10.8. The number of benzene rings is 1. The molecule has 128 valence electrons. The average molecular weight is 348 g/mol. The van der Waals surface area contributed by atoms with Gasteiger partial charge in [0.15, 0.2) is 0 Å². The van der Waals surface area contributed by atoms with Crippen LogP contribution in [0.15, 0.2) is 23.1 Å². The molecular formula is C14H18F2N2O4S. The molecule has 0 bridgehead atoms. The van der Waals surface area contributed by atoms with Gasteiger partial charge < -0.3 is 0 Å². The van der Waals surface area contributed by atoms with Crippen LogP contribution in [0.3, 0.4) is 0 Å². The Morgan fingerprint density at radius 3 is 2.48 bits per heavy atom. The quantitative estimate of drug-likeness (QED) is 0.771. The summed E-state index contributed by atoms with van der Waals surface area (Å²) in [5.74, 6) is -2.41. The van der Waals surface area contributed by atoms with Crippen molar-refractivity contribution in [2.45, 2.75) is 17.7 Å². The molecule has 2 rings (SSSR count). The Morgan fingerprint density at radius 1 is 1.30 bits per heavy atom. The van der Waals surface area contributed by atoms with E-state index < -0.39 is 26.6 Å². The molecule has 0 atom stereocenters. The van der Waals surface area contributed by atoms with Crippen LogP contribution < -0.4 is 0 Å². The Kier molecular flexibility index (Phi) is 5.33. The summed E-state index contributed by atoms with van der Waals surface area (Å²) < 4.78 is 52.9. The normalized spacial score (nSPS) is 17.2. The number of piperidine rings is 1. The van der Waals surface area contributed by atoms with E-state index in [2.05, 4.69) is 0 Å². The molecule has 1 aliphatic rings. The first-order valence-corrected chi connectivity index (χ1v) is 8.48. The predicted molar refractivity (Wildman–Crippen MR) is 77.6 cm³/mol. The maximum Gasteiger partial charge on any atom is 0.249 e. The Bertz CT molecular complexity index is 688. The number of nitrogens with zero attached hydrogens (tertiary/aromatic N) is 2. The van der Waals surface area contributed by atoms with Gasteiger partial charge in [-0.3, -0.25) is 9.63 Å². The number of hydroxylamine groups is 2. The van der Waals surface area contributed by atoms with Crippen molar-refractivity contribution in [2.75, 3.05) is 27.2 Å². The highest BCUT2D eigenvalue weighted by Gasteiger charge is 2.34. The minimum Gasteiger partial charge on any atom is -0.275 e. The van der Waals surface area contributed by atoms with Crippen LogP contribution in [0.5, 0.6) is 0 Å². The number of carbonyl (C=O) groups is 1. The molecule has 23 heavy (non-hydrogen) atoms. The second-order valence-electron chi connectivity index (χ2n) is 5.27. The number of hydrogen-bond acceptors (Lipinski definition) is 4. The van der Waals surface area contributed by atoms with Gasteiger partial charge in [0.05, 0.1) is 7.11 Å². The van der Waals surface area contributed by atoms with E-state index in [1.165, 1.54) is 14.2 Å². The molecule has 1 aromatic carbocycles. The van der Waals surface area contributed by atoms with E-state index in [4.69, 9.17) is 4.84 Å². The van der Waals surface area contributed by atoms with Crippen LogP contribution in [0.4, 0.5) is 8.78 Å². The average Bonchev–Trinajstić information content (AvgIpc) is 2.55. The van der Waals surface area contributed by atoms with Crippen molar-refractivity contribution < 1.29 is 26.8 Å². The Labute approximate surface area is 133 Å². The third-order valence-corrected chi connectivity index (χ3v) is 5.81. The molecule has 0 spiro atoms. The first kappa shape index (κ1) is 17.8. The fourth-order valence-corrected chi connectivity index (χ4v) is 4.05. The zero-order chi connectivity index (χ0) is 17.2. The smallest absolute Gasteiger partial charge is 0.249 e. The largest absolute Gasteiger partial charge is 0.275 e. The molecule has 0 aromatic heterocycles. The van der Waals surface area contributed by atoms with Crippen molar-refractivity contribution in [3.63, 3.8) is 0 Å². The fourth-order valence-electron chi connectivity index (χ4n) is 2.50. The lowest BCUT2D eigenvalue weighted by Crippen LogP contribution is -2.43. The molecule has 6 nitrogen and oxygen atoms in total. The number of carbonyl (C=O) groups excluding carboxylic acids is 1. The Morgan fingerprint density at radius 2 is 1.91 bits per heavy atom. The Balaban J connectivity index is 2.13. The summed E-state index contributed by atoms with van der Waals surface area (Å²) in [7, 11) is -1.28. The molecule has 0 radical (unpaired) electrons. The number of halogens is 2. The molecule has 1 aliphatic heterocycles.